The fraction of sp³-hybridized carbons (Fsp3) is 0.389. The third kappa shape index (κ3) is 3.39. The van der Waals surface area contributed by atoms with Crippen molar-refractivity contribution in [3.8, 4) is 5.75 Å². The van der Waals surface area contributed by atoms with E-state index in [0.29, 0.717) is 5.76 Å². The van der Waals surface area contributed by atoms with Crippen molar-refractivity contribution in [2.24, 2.45) is 0 Å². The van der Waals surface area contributed by atoms with Gasteiger partial charge in [-0.05, 0) is 48.9 Å². The standard InChI is InChI=1S/C18H21NO3S/c1-21-14-6-3-5-13(11-14)16-7-4-10-19(16)18(20)17-9-8-15(22-17)12-23-2/h3,5-6,8-9,11,16H,4,7,10,12H2,1-2H3. The Balaban J connectivity index is 1.81. The number of likely N-dealkylation sites (tertiary alicyclic amines) is 1. The molecule has 0 bridgehead atoms. The maximum absolute atomic E-state index is 12.8. The van der Waals surface area contributed by atoms with Crippen molar-refractivity contribution in [2.45, 2.75) is 24.6 Å². The molecule has 5 heteroatoms. The van der Waals surface area contributed by atoms with Crippen molar-refractivity contribution >= 4 is 17.7 Å². The molecule has 2 aromatic rings. The maximum atomic E-state index is 12.8. The van der Waals surface area contributed by atoms with Gasteiger partial charge in [0.2, 0.25) is 0 Å². The fourth-order valence-corrected chi connectivity index (χ4v) is 3.50. The average Bonchev–Trinajstić information content (AvgIpc) is 3.24. The van der Waals surface area contributed by atoms with Crippen LogP contribution < -0.4 is 4.74 Å². The third-order valence-electron chi connectivity index (χ3n) is 4.15. The molecule has 0 spiro atoms. The highest BCUT2D eigenvalue weighted by molar-refractivity contribution is 7.97. The van der Waals surface area contributed by atoms with Gasteiger partial charge in [0.1, 0.15) is 11.5 Å². The first-order valence-corrected chi connectivity index (χ1v) is 9.15. The normalized spacial score (nSPS) is 17.5. The summed E-state index contributed by atoms with van der Waals surface area (Å²) < 4.78 is 11.0. The number of rotatable bonds is 5. The van der Waals surface area contributed by atoms with Gasteiger partial charge in [-0.15, -0.1) is 0 Å². The fourth-order valence-electron chi connectivity index (χ4n) is 3.06. The monoisotopic (exact) mass is 331 g/mol. The van der Waals surface area contributed by atoms with Gasteiger partial charge in [0, 0.05) is 6.54 Å². The number of hydrogen-bond donors (Lipinski definition) is 0. The van der Waals surface area contributed by atoms with E-state index in [2.05, 4.69) is 6.07 Å². The Morgan fingerprint density at radius 2 is 2.26 bits per heavy atom. The molecule has 0 saturated carbocycles. The minimum absolute atomic E-state index is 0.0253. The smallest absolute Gasteiger partial charge is 0.290 e. The number of methoxy groups -OCH3 is 1. The Kier molecular flexibility index (Phi) is 4.96. The lowest BCUT2D eigenvalue weighted by Gasteiger charge is -2.24. The van der Waals surface area contributed by atoms with Gasteiger partial charge in [-0.1, -0.05) is 12.1 Å². The van der Waals surface area contributed by atoms with Crippen LogP contribution in [0.4, 0.5) is 0 Å². The van der Waals surface area contributed by atoms with Gasteiger partial charge in [0.15, 0.2) is 5.76 Å². The van der Waals surface area contributed by atoms with Gasteiger partial charge in [0.05, 0.1) is 18.9 Å². The van der Waals surface area contributed by atoms with Gasteiger partial charge in [-0.2, -0.15) is 11.8 Å². The second kappa shape index (κ2) is 7.13. The Morgan fingerprint density at radius 1 is 1.39 bits per heavy atom. The van der Waals surface area contributed by atoms with Crippen molar-refractivity contribution in [3.05, 3.63) is 53.5 Å². The molecule has 2 heterocycles. The van der Waals surface area contributed by atoms with Crippen molar-refractivity contribution < 1.29 is 13.9 Å². The molecule has 4 nitrogen and oxygen atoms in total. The topological polar surface area (TPSA) is 42.7 Å². The van der Waals surface area contributed by atoms with Crippen LogP contribution in [0.5, 0.6) is 5.75 Å². The molecule has 0 N–H and O–H groups in total. The predicted molar refractivity (Wildman–Crippen MR) is 91.9 cm³/mol. The highest BCUT2D eigenvalue weighted by Gasteiger charge is 2.32. The van der Waals surface area contributed by atoms with Gasteiger partial charge in [-0.25, -0.2) is 0 Å². The zero-order chi connectivity index (χ0) is 16.2. The van der Waals surface area contributed by atoms with Crippen molar-refractivity contribution in [2.75, 3.05) is 19.9 Å². The number of ether oxygens (including phenoxy) is 1. The molecule has 1 atom stereocenters. The van der Waals surface area contributed by atoms with Crippen molar-refractivity contribution in [1.82, 2.24) is 4.90 Å². The van der Waals surface area contributed by atoms with E-state index in [4.69, 9.17) is 9.15 Å². The Hall–Kier alpha value is -1.88. The number of hydrogen-bond acceptors (Lipinski definition) is 4. The first kappa shape index (κ1) is 16.0. The van der Waals surface area contributed by atoms with E-state index >= 15 is 0 Å². The van der Waals surface area contributed by atoms with Crippen LogP contribution in [0.25, 0.3) is 0 Å². The number of nitrogens with zero attached hydrogens (tertiary/aromatic N) is 1. The summed E-state index contributed by atoms with van der Waals surface area (Å²) in [6.07, 6.45) is 3.99. The molecule has 1 saturated heterocycles. The summed E-state index contributed by atoms with van der Waals surface area (Å²) in [5, 5.41) is 0. The van der Waals surface area contributed by atoms with E-state index in [1.165, 1.54) is 0 Å². The summed E-state index contributed by atoms with van der Waals surface area (Å²) in [7, 11) is 1.66. The van der Waals surface area contributed by atoms with E-state index in [9.17, 15) is 4.79 Å². The van der Waals surface area contributed by atoms with Gasteiger partial charge >= 0.3 is 0 Å². The van der Waals surface area contributed by atoms with Crippen LogP contribution >= 0.6 is 11.8 Å². The van der Waals surface area contributed by atoms with Crippen LogP contribution in [0.3, 0.4) is 0 Å². The summed E-state index contributed by atoms with van der Waals surface area (Å²) in [5.41, 5.74) is 1.12. The molecule has 1 fully saturated rings. The highest BCUT2D eigenvalue weighted by atomic mass is 32.2. The minimum Gasteiger partial charge on any atom is -0.497 e. The lowest BCUT2D eigenvalue weighted by Crippen LogP contribution is -2.30. The summed E-state index contributed by atoms with van der Waals surface area (Å²) in [6.45, 7) is 0.763. The van der Waals surface area contributed by atoms with Gasteiger partial charge in [-0.3, -0.25) is 4.79 Å². The SMILES string of the molecule is COc1cccc(C2CCCN2C(=O)c2ccc(CSC)o2)c1. The van der Waals surface area contributed by atoms with E-state index < -0.39 is 0 Å². The van der Waals surface area contributed by atoms with E-state index in [-0.39, 0.29) is 11.9 Å². The van der Waals surface area contributed by atoms with E-state index in [0.717, 1.165) is 42.2 Å². The Bertz CT molecular complexity index is 682. The first-order chi connectivity index (χ1) is 11.2. The number of thioether (sulfide) groups is 1. The van der Waals surface area contributed by atoms with Crippen LogP contribution in [0.15, 0.2) is 40.8 Å². The lowest BCUT2D eigenvalue weighted by molar-refractivity contribution is 0.0701. The summed E-state index contributed by atoms with van der Waals surface area (Å²) in [6, 6.07) is 11.7. The zero-order valence-electron chi connectivity index (χ0n) is 13.5. The van der Waals surface area contributed by atoms with Crippen LogP contribution in [-0.2, 0) is 5.75 Å². The average molecular weight is 331 g/mol. The van der Waals surface area contributed by atoms with Crippen LogP contribution in [0.2, 0.25) is 0 Å². The largest absolute Gasteiger partial charge is 0.497 e. The predicted octanol–water partition coefficient (Wildman–Crippen LogP) is 4.13. The molecule has 1 aromatic carbocycles. The lowest BCUT2D eigenvalue weighted by atomic mass is 10.0. The maximum Gasteiger partial charge on any atom is 0.290 e. The molecular formula is C18H21NO3S. The number of benzene rings is 1. The third-order valence-corrected chi connectivity index (χ3v) is 4.72. The van der Waals surface area contributed by atoms with Crippen molar-refractivity contribution in [1.29, 1.82) is 0 Å². The molecule has 0 aliphatic carbocycles. The molecular weight excluding hydrogens is 310 g/mol. The Labute approximate surface area is 140 Å². The van der Waals surface area contributed by atoms with Crippen LogP contribution in [0.1, 0.15) is 40.8 Å². The molecule has 3 rings (SSSR count). The van der Waals surface area contributed by atoms with Gasteiger partial charge < -0.3 is 14.1 Å². The van der Waals surface area contributed by atoms with Crippen molar-refractivity contribution in [3.63, 3.8) is 0 Å². The molecule has 1 aliphatic heterocycles. The molecule has 1 unspecified atom stereocenters. The van der Waals surface area contributed by atoms with Gasteiger partial charge in [0.25, 0.3) is 5.91 Å². The summed E-state index contributed by atoms with van der Waals surface area (Å²) in [5.74, 6) is 2.86. The van der Waals surface area contributed by atoms with Crippen LogP contribution in [-0.4, -0.2) is 30.7 Å². The molecule has 1 aliphatic rings. The molecule has 122 valence electrons. The summed E-state index contributed by atoms with van der Waals surface area (Å²) >= 11 is 1.68. The van der Waals surface area contributed by atoms with E-state index in [1.54, 1.807) is 24.9 Å². The number of carbonyl (C=O) groups excluding carboxylic acids is 1. The number of furan rings is 1. The molecule has 1 amide bonds. The molecule has 0 radical (unpaired) electrons. The van der Waals surface area contributed by atoms with E-state index in [1.807, 2.05) is 35.4 Å². The first-order valence-electron chi connectivity index (χ1n) is 7.75. The Morgan fingerprint density at radius 3 is 3.04 bits per heavy atom. The molecule has 23 heavy (non-hydrogen) atoms. The highest BCUT2D eigenvalue weighted by Crippen LogP contribution is 2.34. The second-order valence-corrected chi connectivity index (χ2v) is 6.50. The quantitative estimate of drug-likeness (QED) is 0.826. The zero-order valence-corrected chi connectivity index (χ0v) is 14.3. The van der Waals surface area contributed by atoms with Crippen LogP contribution in [0, 0.1) is 0 Å². The minimum atomic E-state index is -0.0253. The second-order valence-electron chi connectivity index (χ2n) is 5.63. The number of amides is 1. The number of carbonyl (C=O) groups is 1. The summed E-state index contributed by atoms with van der Waals surface area (Å²) in [4.78, 5) is 14.7. The molecule has 1 aromatic heterocycles.